The van der Waals surface area contributed by atoms with Crippen LogP contribution in [0.5, 0.6) is 5.75 Å². The Labute approximate surface area is 191 Å². The van der Waals surface area contributed by atoms with Crippen molar-refractivity contribution >= 4 is 17.7 Å². The molecule has 6 nitrogen and oxygen atoms in total. The van der Waals surface area contributed by atoms with Crippen LogP contribution in [0.2, 0.25) is 0 Å². The Bertz CT molecular complexity index is 1160. The quantitative estimate of drug-likeness (QED) is 0.383. The van der Waals surface area contributed by atoms with Crippen LogP contribution < -0.4 is 10.1 Å². The van der Waals surface area contributed by atoms with E-state index in [4.69, 9.17) is 4.74 Å². The van der Waals surface area contributed by atoms with E-state index in [0.717, 1.165) is 22.6 Å². The number of para-hydroxylation sites is 2. The minimum absolute atomic E-state index is 0.0563. The molecule has 0 atom stereocenters. The predicted molar refractivity (Wildman–Crippen MR) is 126 cm³/mol. The van der Waals surface area contributed by atoms with Gasteiger partial charge in [0.2, 0.25) is 5.91 Å². The number of benzene rings is 3. The third kappa shape index (κ3) is 5.56. The number of amides is 1. The zero-order valence-electron chi connectivity index (χ0n) is 17.8. The summed E-state index contributed by atoms with van der Waals surface area (Å²) in [4.78, 5) is 12.4. The van der Waals surface area contributed by atoms with Gasteiger partial charge in [-0.3, -0.25) is 9.36 Å². The summed E-state index contributed by atoms with van der Waals surface area (Å²) >= 11 is 1.35. The molecule has 7 heteroatoms. The number of carbonyl (C=O) groups excluding carboxylic acids is 1. The molecule has 3 aromatic carbocycles. The number of carbonyl (C=O) groups is 1. The average Bonchev–Trinajstić information content (AvgIpc) is 3.25. The summed E-state index contributed by atoms with van der Waals surface area (Å²) in [5, 5.41) is 12.3. The summed E-state index contributed by atoms with van der Waals surface area (Å²) in [6, 6.07) is 27.6. The fourth-order valence-corrected chi connectivity index (χ4v) is 3.96. The van der Waals surface area contributed by atoms with Crippen LogP contribution >= 0.6 is 11.8 Å². The van der Waals surface area contributed by atoms with Crippen molar-refractivity contribution in [1.82, 2.24) is 20.1 Å². The Hall–Kier alpha value is -3.58. The molecule has 0 saturated carbocycles. The summed E-state index contributed by atoms with van der Waals surface area (Å²) in [6.07, 6.45) is 0. The van der Waals surface area contributed by atoms with Crippen LogP contribution in [0.3, 0.4) is 0 Å². The van der Waals surface area contributed by atoms with E-state index in [1.54, 1.807) is 0 Å². The molecule has 0 saturated heterocycles. The van der Waals surface area contributed by atoms with Gasteiger partial charge in [0.15, 0.2) is 11.0 Å². The minimum Gasteiger partial charge on any atom is -0.485 e. The van der Waals surface area contributed by atoms with E-state index < -0.39 is 0 Å². The lowest BCUT2D eigenvalue weighted by Gasteiger charge is -2.12. The highest BCUT2D eigenvalue weighted by molar-refractivity contribution is 7.99. The first-order chi connectivity index (χ1) is 15.7. The molecule has 0 spiro atoms. The van der Waals surface area contributed by atoms with E-state index in [1.165, 1.54) is 11.8 Å². The number of aryl methyl sites for hydroxylation is 1. The number of nitrogens with zero attached hydrogens (tertiary/aromatic N) is 3. The fraction of sp³-hybridized carbons (Fsp3) is 0.160. The van der Waals surface area contributed by atoms with Crippen molar-refractivity contribution in [3.8, 4) is 11.4 Å². The lowest BCUT2D eigenvalue weighted by atomic mass is 10.2. The number of hydrogen-bond acceptors (Lipinski definition) is 5. The van der Waals surface area contributed by atoms with Crippen molar-refractivity contribution in [2.24, 2.45) is 0 Å². The first kappa shape index (κ1) is 21.6. The van der Waals surface area contributed by atoms with E-state index >= 15 is 0 Å². The normalized spacial score (nSPS) is 10.7. The zero-order chi connectivity index (χ0) is 22.2. The minimum atomic E-state index is -0.0563. The van der Waals surface area contributed by atoms with Crippen molar-refractivity contribution in [3.63, 3.8) is 0 Å². The molecule has 1 N–H and O–H groups in total. The van der Waals surface area contributed by atoms with E-state index in [1.807, 2.05) is 96.4 Å². The Morgan fingerprint density at radius 1 is 0.938 bits per heavy atom. The molecule has 0 bridgehead atoms. The molecular weight excluding hydrogens is 420 g/mol. The van der Waals surface area contributed by atoms with Crippen LogP contribution in [0.1, 0.15) is 17.0 Å². The number of aromatic nitrogens is 3. The summed E-state index contributed by atoms with van der Waals surface area (Å²) < 4.78 is 7.94. The van der Waals surface area contributed by atoms with Gasteiger partial charge in [-0.1, -0.05) is 78.5 Å². The highest BCUT2D eigenvalue weighted by atomic mass is 32.2. The monoisotopic (exact) mass is 444 g/mol. The second-order valence-electron chi connectivity index (χ2n) is 7.17. The summed E-state index contributed by atoms with van der Waals surface area (Å²) in [5.74, 6) is 1.67. The number of nitrogens with one attached hydrogen (secondary N) is 1. The van der Waals surface area contributed by atoms with Crippen LogP contribution in [0.25, 0.3) is 5.69 Å². The van der Waals surface area contributed by atoms with Gasteiger partial charge in [-0.15, -0.1) is 10.2 Å². The van der Waals surface area contributed by atoms with Gasteiger partial charge in [-0.2, -0.15) is 0 Å². The molecule has 32 heavy (non-hydrogen) atoms. The molecule has 0 aliphatic heterocycles. The number of rotatable bonds is 9. The van der Waals surface area contributed by atoms with Crippen LogP contribution in [0.4, 0.5) is 0 Å². The van der Waals surface area contributed by atoms with Crippen molar-refractivity contribution in [2.45, 2.75) is 25.2 Å². The SMILES string of the molecule is Cc1ccccc1OCc1nnc(SCC(=O)NCc2ccccc2)n1-c1ccccc1. The molecule has 0 fully saturated rings. The first-order valence-corrected chi connectivity index (χ1v) is 11.3. The molecule has 0 radical (unpaired) electrons. The van der Waals surface area contributed by atoms with Crippen molar-refractivity contribution in [1.29, 1.82) is 0 Å². The van der Waals surface area contributed by atoms with Crippen molar-refractivity contribution < 1.29 is 9.53 Å². The Balaban J connectivity index is 1.45. The van der Waals surface area contributed by atoms with Crippen molar-refractivity contribution in [2.75, 3.05) is 5.75 Å². The van der Waals surface area contributed by atoms with Crippen molar-refractivity contribution in [3.05, 3.63) is 102 Å². The van der Waals surface area contributed by atoms with Gasteiger partial charge in [0.05, 0.1) is 5.75 Å². The number of thioether (sulfide) groups is 1. The van der Waals surface area contributed by atoms with Gasteiger partial charge in [0.1, 0.15) is 12.4 Å². The fourth-order valence-electron chi connectivity index (χ4n) is 3.16. The van der Waals surface area contributed by atoms with Gasteiger partial charge < -0.3 is 10.1 Å². The smallest absolute Gasteiger partial charge is 0.230 e. The molecule has 4 aromatic rings. The standard InChI is InChI=1S/C25H24N4O2S/c1-19-10-8-9-15-22(19)31-17-23-27-28-25(29(23)21-13-6-3-7-14-21)32-18-24(30)26-16-20-11-4-2-5-12-20/h2-15H,16-18H2,1H3,(H,26,30). The second-order valence-corrected chi connectivity index (χ2v) is 8.12. The molecule has 0 aliphatic rings. The van der Waals surface area contributed by atoms with Gasteiger partial charge in [0.25, 0.3) is 0 Å². The van der Waals surface area contributed by atoms with Crippen LogP contribution in [0, 0.1) is 6.92 Å². The zero-order valence-corrected chi connectivity index (χ0v) is 18.6. The van der Waals surface area contributed by atoms with Gasteiger partial charge in [0, 0.05) is 12.2 Å². The van der Waals surface area contributed by atoms with Crippen LogP contribution in [-0.4, -0.2) is 26.4 Å². The maximum atomic E-state index is 12.4. The van der Waals surface area contributed by atoms with E-state index in [2.05, 4.69) is 15.5 Å². The molecule has 0 aliphatic carbocycles. The van der Waals surface area contributed by atoms with E-state index in [0.29, 0.717) is 17.5 Å². The van der Waals surface area contributed by atoms with Gasteiger partial charge >= 0.3 is 0 Å². The number of hydrogen-bond donors (Lipinski definition) is 1. The van der Waals surface area contributed by atoms with Gasteiger partial charge in [-0.05, 0) is 36.2 Å². The molecule has 1 heterocycles. The highest BCUT2D eigenvalue weighted by Crippen LogP contribution is 2.24. The molecule has 4 rings (SSSR count). The van der Waals surface area contributed by atoms with E-state index in [9.17, 15) is 4.79 Å². The molecular formula is C25H24N4O2S. The third-order valence-corrected chi connectivity index (χ3v) is 5.76. The summed E-state index contributed by atoms with van der Waals surface area (Å²) in [7, 11) is 0. The van der Waals surface area contributed by atoms with Gasteiger partial charge in [-0.25, -0.2) is 0 Å². The Morgan fingerprint density at radius 2 is 1.62 bits per heavy atom. The maximum absolute atomic E-state index is 12.4. The highest BCUT2D eigenvalue weighted by Gasteiger charge is 2.16. The van der Waals surface area contributed by atoms with Crippen LogP contribution in [-0.2, 0) is 17.9 Å². The third-order valence-electron chi connectivity index (χ3n) is 4.83. The van der Waals surface area contributed by atoms with Crippen LogP contribution in [0.15, 0.2) is 90.1 Å². The lowest BCUT2D eigenvalue weighted by molar-refractivity contribution is -0.118. The molecule has 162 valence electrons. The lowest BCUT2D eigenvalue weighted by Crippen LogP contribution is -2.24. The Morgan fingerprint density at radius 3 is 2.38 bits per heavy atom. The second kappa shape index (κ2) is 10.6. The molecule has 1 amide bonds. The first-order valence-electron chi connectivity index (χ1n) is 10.3. The topological polar surface area (TPSA) is 69.0 Å². The Kier molecular flexibility index (Phi) is 7.19. The number of ether oxygens (including phenoxy) is 1. The maximum Gasteiger partial charge on any atom is 0.230 e. The molecule has 0 unspecified atom stereocenters. The average molecular weight is 445 g/mol. The molecule has 1 aromatic heterocycles. The summed E-state index contributed by atoms with van der Waals surface area (Å²) in [5.41, 5.74) is 3.05. The largest absolute Gasteiger partial charge is 0.485 e. The van der Waals surface area contributed by atoms with E-state index in [-0.39, 0.29) is 18.3 Å². The summed E-state index contributed by atoms with van der Waals surface area (Å²) in [6.45, 7) is 2.78. The predicted octanol–water partition coefficient (Wildman–Crippen LogP) is 4.56.